The Labute approximate surface area is 160 Å². The molecule has 0 N–H and O–H groups in total. The van der Waals surface area contributed by atoms with Crippen LogP contribution in [-0.2, 0) is 8.85 Å². The van der Waals surface area contributed by atoms with E-state index in [1.165, 1.54) is 18.4 Å². The molecule has 1 aliphatic rings. The Balaban J connectivity index is 3.31. The highest BCUT2D eigenvalue weighted by molar-refractivity contribution is 6.74. The van der Waals surface area contributed by atoms with Crippen LogP contribution >= 0.6 is 0 Å². The van der Waals surface area contributed by atoms with Crippen molar-refractivity contribution in [1.29, 1.82) is 0 Å². The first kappa shape index (κ1) is 23.0. The summed E-state index contributed by atoms with van der Waals surface area (Å²) in [4.78, 5) is 0. The van der Waals surface area contributed by atoms with Crippen LogP contribution in [-0.4, -0.2) is 22.7 Å². The summed E-state index contributed by atoms with van der Waals surface area (Å²) in [5, 5.41) is 0.236. The van der Waals surface area contributed by atoms with E-state index in [1.807, 2.05) is 0 Å². The van der Waals surface area contributed by atoms with Crippen LogP contribution in [0.3, 0.4) is 0 Å². The standard InChI is InChI=1S/C21H44O2Si2/c1-16(22-24(8,9)10)19-17(20(2,3)4)14-13-15-18(19)23-25(11,12)21(5,6)7/h17-18H,13-15H2,1-12H3/b19-16-/t17-,18-/m1/s1. The summed E-state index contributed by atoms with van der Waals surface area (Å²) in [5.41, 5.74) is 1.71. The summed E-state index contributed by atoms with van der Waals surface area (Å²) >= 11 is 0. The van der Waals surface area contributed by atoms with Crippen molar-refractivity contribution in [3.8, 4) is 0 Å². The Kier molecular flexibility index (Phi) is 6.90. The molecule has 1 aliphatic carbocycles. The van der Waals surface area contributed by atoms with Gasteiger partial charge in [-0.15, -0.1) is 0 Å². The van der Waals surface area contributed by atoms with Gasteiger partial charge in [0.05, 0.1) is 11.9 Å². The second-order valence-electron chi connectivity index (χ2n) is 11.4. The highest BCUT2D eigenvalue weighted by Gasteiger charge is 2.44. The van der Waals surface area contributed by atoms with Crippen LogP contribution in [0.5, 0.6) is 0 Å². The van der Waals surface area contributed by atoms with Crippen LogP contribution in [0.4, 0.5) is 0 Å². The average Bonchev–Trinajstić information content (AvgIpc) is 2.33. The molecule has 0 aromatic carbocycles. The number of rotatable bonds is 4. The molecule has 0 unspecified atom stereocenters. The lowest BCUT2D eigenvalue weighted by Crippen LogP contribution is -2.47. The lowest BCUT2D eigenvalue weighted by Gasteiger charge is -2.46. The van der Waals surface area contributed by atoms with Crippen molar-refractivity contribution in [3.63, 3.8) is 0 Å². The van der Waals surface area contributed by atoms with Gasteiger partial charge in [-0.1, -0.05) is 41.5 Å². The van der Waals surface area contributed by atoms with Crippen molar-refractivity contribution < 1.29 is 8.85 Å². The molecule has 0 aromatic heterocycles. The maximum Gasteiger partial charge on any atom is 0.241 e. The Hall–Kier alpha value is -0.0662. The molecular weight excluding hydrogens is 340 g/mol. The zero-order valence-corrected chi connectivity index (χ0v) is 21.1. The van der Waals surface area contributed by atoms with Crippen molar-refractivity contribution in [1.82, 2.24) is 0 Å². The largest absolute Gasteiger partial charge is 0.547 e. The molecule has 1 fully saturated rings. The van der Waals surface area contributed by atoms with Gasteiger partial charge >= 0.3 is 0 Å². The topological polar surface area (TPSA) is 18.5 Å². The minimum Gasteiger partial charge on any atom is -0.547 e. The first-order chi connectivity index (χ1) is 11.0. The van der Waals surface area contributed by atoms with Crippen LogP contribution in [0, 0.1) is 11.3 Å². The first-order valence-corrected chi connectivity index (χ1v) is 16.3. The lowest BCUT2D eigenvalue weighted by molar-refractivity contribution is 0.119. The summed E-state index contributed by atoms with van der Waals surface area (Å²) in [6.07, 6.45) is 3.88. The van der Waals surface area contributed by atoms with Crippen LogP contribution in [0.15, 0.2) is 11.3 Å². The molecule has 2 nitrogen and oxygen atoms in total. The highest BCUT2D eigenvalue weighted by Crippen LogP contribution is 2.47. The SMILES string of the molecule is C/C(O[Si](C)(C)C)=C1\[C@H](C(C)(C)C)CCC[C@H]1O[Si](C)(C)C(C)(C)C. The molecule has 0 radical (unpaired) electrons. The van der Waals surface area contributed by atoms with Crippen molar-refractivity contribution in [2.75, 3.05) is 0 Å². The van der Waals surface area contributed by atoms with Crippen LogP contribution < -0.4 is 0 Å². The van der Waals surface area contributed by atoms with E-state index in [0.29, 0.717) is 5.92 Å². The van der Waals surface area contributed by atoms with E-state index in [9.17, 15) is 0 Å². The molecule has 0 saturated heterocycles. The van der Waals surface area contributed by atoms with E-state index in [1.54, 1.807) is 0 Å². The van der Waals surface area contributed by atoms with Gasteiger partial charge in [0.15, 0.2) is 8.32 Å². The molecule has 25 heavy (non-hydrogen) atoms. The normalized spacial score (nSPS) is 25.8. The van der Waals surface area contributed by atoms with Gasteiger partial charge in [0.2, 0.25) is 8.32 Å². The first-order valence-electron chi connectivity index (χ1n) is 10.0. The van der Waals surface area contributed by atoms with E-state index in [0.717, 1.165) is 12.2 Å². The van der Waals surface area contributed by atoms with Gasteiger partial charge in [0, 0.05) is 0 Å². The quantitative estimate of drug-likeness (QED) is 0.372. The van der Waals surface area contributed by atoms with E-state index in [2.05, 4.69) is 81.2 Å². The van der Waals surface area contributed by atoms with E-state index in [4.69, 9.17) is 8.85 Å². The van der Waals surface area contributed by atoms with Gasteiger partial charge < -0.3 is 8.85 Å². The molecule has 148 valence electrons. The molecule has 0 amide bonds. The predicted octanol–water partition coefficient (Wildman–Crippen LogP) is 7.35. The Morgan fingerprint density at radius 1 is 0.920 bits per heavy atom. The summed E-state index contributed by atoms with van der Waals surface area (Å²) in [6.45, 7) is 27.9. The molecular formula is C21H44O2Si2. The summed E-state index contributed by atoms with van der Waals surface area (Å²) in [5.74, 6) is 1.70. The van der Waals surface area contributed by atoms with Gasteiger partial charge in [0.25, 0.3) is 0 Å². The maximum absolute atomic E-state index is 6.93. The molecule has 0 aliphatic heterocycles. The summed E-state index contributed by atoms with van der Waals surface area (Å²) in [6, 6.07) is 0. The van der Waals surface area contributed by atoms with Crippen molar-refractivity contribution >= 4 is 16.6 Å². The predicted molar refractivity (Wildman–Crippen MR) is 116 cm³/mol. The number of allylic oxidation sites excluding steroid dienone is 1. The van der Waals surface area contributed by atoms with Crippen molar-refractivity contribution in [3.05, 3.63) is 11.3 Å². The van der Waals surface area contributed by atoms with Crippen LogP contribution in [0.25, 0.3) is 0 Å². The van der Waals surface area contributed by atoms with Gasteiger partial charge in [-0.3, -0.25) is 0 Å². The third kappa shape index (κ3) is 6.25. The molecule has 0 bridgehead atoms. The number of hydrogen-bond acceptors (Lipinski definition) is 2. The van der Waals surface area contributed by atoms with Gasteiger partial charge in [-0.25, -0.2) is 0 Å². The minimum absolute atomic E-state index is 0.232. The summed E-state index contributed by atoms with van der Waals surface area (Å²) < 4.78 is 13.4. The molecule has 2 atom stereocenters. The minimum atomic E-state index is -1.81. The molecule has 0 aromatic rings. The fourth-order valence-electron chi connectivity index (χ4n) is 3.59. The zero-order chi connectivity index (χ0) is 19.8. The van der Waals surface area contributed by atoms with Gasteiger partial charge in [-0.05, 0) is 80.9 Å². The monoisotopic (exact) mass is 384 g/mol. The fourth-order valence-corrected chi connectivity index (χ4v) is 5.93. The molecule has 1 saturated carbocycles. The van der Waals surface area contributed by atoms with Crippen LogP contribution in [0.1, 0.15) is 67.7 Å². The Bertz CT molecular complexity index is 487. The van der Waals surface area contributed by atoms with Crippen molar-refractivity contribution in [2.45, 2.75) is 112 Å². The van der Waals surface area contributed by atoms with Gasteiger partial charge in [-0.2, -0.15) is 0 Å². The van der Waals surface area contributed by atoms with E-state index in [-0.39, 0.29) is 16.6 Å². The Morgan fingerprint density at radius 3 is 1.84 bits per heavy atom. The van der Waals surface area contributed by atoms with E-state index >= 15 is 0 Å². The zero-order valence-electron chi connectivity index (χ0n) is 19.1. The van der Waals surface area contributed by atoms with E-state index < -0.39 is 16.6 Å². The van der Waals surface area contributed by atoms with Gasteiger partial charge in [0.1, 0.15) is 0 Å². The van der Waals surface area contributed by atoms with Crippen molar-refractivity contribution in [2.24, 2.45) is 11.3 Å². The Morgan fingerprint density at radius 2 is 1.44 bits per heavy atom. The molecule has 1 rings (SSSR count). The third-order valence-corrected chi connectivity index (χ3v) is 11.2. The second kappa shape index (κ2) is 7.51. The molecule has 4 heteroatoms. The lowest BCUT2D eigenvalue weighted by atomic mass is 9.68. The second-order valence-corrected chi connectivity index (χ2v) is 20.6. The number of hydrogen-bond donors (Lipinski definition) is 0. The fraction of sp³-hybridized carbons (Fsp3) is 0.905. The highest BCUT2D eigenvalue weighted by atomic mass is 28.4. The maximum atomic E-state index is 6.93. The molecule has 0 heterocycles. The molecule has 0 spiro atoms. The summed E-state index contributed by atoms with van der Waals surface area (Å²) in [7, 11) is -3.43. The smallest absolute Gasteiger partial charge is 0.241 e. The third-order valence-electron chi connectivity index (χ3n) is 5.84. The van der Waals surface area contributed by atoms with Crippen LogP contribution in [0.2, 0.25) is 37.8 Å². The average molecular weight is 385 g/mol.